The first kappa shape index (κ1) is 22.5. The van der Waals surface area contributed by atoms with Gasteiger partial charge in [0.2, 0.25) is 0 Å². The van der Waals surface area contributed by atoms with Crippen molar-refractivity contribution in [1.82, 2.24) is 15.2 Å². The molecule has 2 rings (SSSR count). The highest BCUT2D eigenvalue weighted by Crippen LogP contribution is 2.32. The Bertz CT molecular complexity index is 855. The van der Waals surface area contributed by atoms with Gasteiger partial charge in [0.1, 0.15) is 5.75 Å². The van der Waals surface area contributed by atoms with Gasteiger partial charge in [0.25, 0.3) is 5.91 Å². The average Bonchev–Trinajstić information content (AvgIpc) is 3.13. The Kier molecular flexibility index (Phi) is 7.43. The quantitative estimate of drug-likeness (QED) is 0.698. The van der Waals surface area contributed by atoms with E-state index in [2.05, 4.69) is 15.6 Å². The predicted molar refractivity (Wildman–Crippen MR) is 103 cm³/mol. The number of amides is 3. The number of alkyl halides is 3. The highest BCUT2D eigenvalue weighted by molar-refractivity contribution is 7.13. The Morgan fingerprint density at radius 3 is 2.55 bits per heavy atom. The molecule has 7 nitrogen and oxygen atoms in total. The van der Waals surface area contributed by atoms with Crippen LogP contribution >= 0.6 is 11.3 Å². The molecular weight excluding hydrogens is 409 g/mol. The van der Waals surface area contributed by atoms with Crippen molar-refractivity contribution in [3.63, 3.8) is 0 Å². The van der Waals surface area contributed by atoms with E-state index in [0.717, 1.165) is 5.38 Å². The van der Waals surface area contributed by atoms with Gasteiger partial charge in [0, 0.05) is 25.0 Å². The molecule has 1 aromatic heterocycles. The minimum absolute atomic E-state index is 0.161. The predicted octanol–water partition coefficient (Wildman–Crippen LogP) is 3.90. The first-order valence-corrected chi connectivity index (χ1v) is 9.52. The van der Waals surface area contributed by atoms with E-state index in [1.54, 1.807) is 38.4 Å². The van der Waals surface area contributed by atoms with Crippen molar-refractivity contribution in [2.75, 3.05) is 26.0 Å². The molecule has 1 unspecified atom stereocenters. The van der Waals surface area contributed by atoms with E-state index < -0.39 is 23.9 Å². The SMILES string of the molecule is CCC(NC(=O)Nc1nc(C(F)(F)F)cs1)c1ccccc1OCC(=O)N(C)C. The maximum atomic E-state index is 12.6. The molecule has 0 aliphatic carbocycles. The normalized spacial score (nSPS) is 12.2. The third kappa shape index (κ3) is 6.34. The summed E-state index contributed by atoms with van der Waals surface area (Å²) in [5.41, 5.74) is -0.416. The monoisotopic (exact) mass is 430 g/mol. The van der Waals surface area contributed by atoms with Crippen LogP contribution in [0.5, 0.6) is 5.75 Å². The van der Waals surface area contributed by atoms with Gasteiger partial charge in [-0.05, 0) is 12.5 Å². The minimum atomic E-state index is -4.57. The smallest absolute Gasteiger partial charge is 0.434 e. The van der Waals surface area contributed by atoms with Crippen molar-refractivity contribution >= 4 is 28.4 Å². The van der Waals surface area contributed by atoms with Crippen LogP contribution in [0.1, 0.15) is 30.6 Å². The van der Waals surface area contributed by atoms with Crippen molar-refractivity contribution in [2.24, 2.45) is 0 Å². The van der Waals surface area contributed by atoms with Crippen LogP contribution < -0.4 is 15.4 Å². The summed E-state index contributed by atoms with van der Waals surface area (Å²) >= 11 is 0.683. The highest BCUT2D eigenvalue weighted by Gasteiger charge is 2.34. The minimum Gasteiger partial charge on any atom is -0.483 e. The van der Waals surface area contributed by atoms with E-state index in [4.69, 9.17) is 4.74 Å². The molecule has 0 spiro atoms. The number of anilines is 1. The number of ether oxygens (including phenoxy) is 1. The summed E-state index contributed by atoms with van der Waals surface area (Å²) in [6.07, 6.45) is -4.08. The standard InChI is InChI=1S/C18H21F3N4O3S/c1-4-12(11-7-5-6-8-13(11)28-9-15(26)25(2)3)22-16(27)24-17-23-14(10-29-17)18(19,20)21/h5-8,10,12H,4,9H2,1-3H3,(H2,22,23,24,27). The molecule has 1 heterocycles. The van der Waals surface area contributed by atoms with Gasteiger partial charge in [-0.1, -0.05) is 25.1 Å². The molecule has 2 aromatic rings. The van der Waals surface area contributed by atoms with Crippen LogP contribution in [0.2, 0.25) is 0 Å². The summed E-state index contributed by atoms with van der Waals surface area (Å²) < 4.78 is 43.5. The van der Waals surface area contributed by atoms with E-state index in [1.807, 2.05) is 6.92 Å². The van der Waals surface area contributed by atoms with Gasteiger partial charge in [-0.15, -0.1) is 11.3 Å². The number of benzene rings is 1. The maximum absolute atomic E-state index is 12.6. The van der Waals surface area contributed by atoms with Crippen LogP contribution in [-0.4, -0.2) is 42.5 Å². The maximum Gasteiger partial charge on any atom is 0.434 e. The van der Waals surface area contributed by atoms with Crippen molar-refractivity contribution in [2.45, 2.75) is 25.6 Å². The largest absolute Gasteiger partial charge is 0.483 e. The molecule has 29 heavy (non-hydrogen) atoms. The number of aromatic nitrogens is 1. The van der Waals surface area contributed by atoms with E-state index in [1.165, 1.54) is 4.90 Å². The summed E-state index contributed by atoms with van der Waals surface area (Å²) in [4.78, 5) is 28.8. The number of rotatable bonds is 7. The number of nitrogens with zero attached hydrogens (tertiary/aromatic N) is 2. The Balaban J connectivity index is 2.06. The van der Waals surface area contributed by atoms with Crippen molar-refractivity contribution in [3.8, 4) is 5.75 Å². The topological polar surface area (TPSA) is 83.6 Å². The first-order chi connectivity index (χ1) is 13.6. The lowest BCUT2D eigenvalue weighted by atomic mass is 10.0. The van der Waals surface area contributed by atoms with Crippen LogP contribution in [-0.2, 0) is 11.0 Å². The summed E-state index contributed by atoms with van der Waals surface area (Å²) in [7, 11) is 3.22. The number of hydrogen-bond acceptors (Lipinski definition) is 5. The second kappa shape index (κ2) is 9.59. The number of thiazole rings is 1. The lowest BCUT2D eigenvalue weighted by Crippen LogP contribution is -2.33. The molecule has 158 valence electrons. The van der Waals surface area contributed by atoms with Gasteiger partial charge >= 0.3 is 12.2 Å². The van der Waals surface area contributed by atoms with Crippen LogP contribution in [0.3, 0.4) is 0 Å². The summed E-state index contributed by atoms with van der Waals surface area (Å²) in [6, 6.07) is 5.74. The van der Waals surface area contributed by atoms with Gasteiger partial charge in [-0.25, -0.2) is 9.78 Å². The lowest BCUT2D eigenvalue weighted by Gasteiger charge is -2.21. The van der Waals surface area contributed by atoms with Gasteiger partial charge in [0.15, 0.2) is 17.4 Å². The number of carbonyl (C=O) groups excluding carboxylic acids is 2. The second-order valence-corrected chi connectivity index (χ2v) is 7.07. The van der Waals surface area contributed by atoms with Crippen molar-refractivity contribution < 1.29 is 27.5 Å². The van der Waals surface area contributed by atoms with E-state index in [0.29, 0.717) is 29.1 Å². The molecule has 0 saturated heterocycles. The first-order valence-electron chi connectivity index (χ1n) is 8.64. The number of para-hydroxylation sites is 1. The van der Waals surface area contributed by atoms with Crippen LogP contribution in [0.4, 0.5) is 23.1 Å². The number of halogens is 3. The molecule has 1 atom stereocenters. The number of nitrogens with one attached hydrogen (secondary N) is 2. The van der Waals surface area contributed by atoms with Crippen molar-refractivity contribution in [1.29, 1.82) is 0 Å². The third-order valence-corrected chi connectivity index (χ3v) is 4.63. The number of urea groups is 1. The number of carbonyl (C=O) groups is 2. The second-order valence-electron chi connectivity index (χ2n) is 6.21. The molecule has 0 radical (unpaired) electrons. The lowest BCUT2D eigenvalue weighted by molar-refractivity contribution is -0.140. The molecule has 1 aromatic carbocycles. The molecule has 11 heteroatoms. The van der Waals surface area contributed by atoms with Gasteiger partial charge < -0.3 is 15.0 Å². The third-order valence-electron chi connectivity index (χ3n) is 3.87. The van der Waals surface area contributed by atoms with Gasteiger partial charge in [-0.3, -0.25) is 10.1 Å². The van der Waals surface area contributed by atoms with Crippen LogP contribution in [0.25, 0.3) is 0 Å². The highest BCUT2D eigenvalue weighted by atomic mass is 32.1. The fourth-order valence-corrected chi connectivity index (χ4v) is 3.03. The molecule has 2 N–H and O–H groups in total. The zero-order valence-corrected chi connectivity index (χ0v) is 16.9. The zero-order valence-electron chi connectivity index (χ0n) is 16.0. The zero-order chi connectivity index (χ0) is 21.6. The molecular formula is C18H21F3N4O3S. The molecule has 0 aliphatic rings. The number of hydrogen-bond donors (Lipinski definition) is 2. The molecule has 0 fully saturated rings. The summed E-state index contributed by atoms with van der Waals surface area (Å²) in [5.74, 6) is 0.214. The van der Waals surface area contributed by atoms with Gasteiger partial charge in [-0.2, -0.15) is 13.2 Å². The summed E-state index contributed by atoms with van der Waals surface area (Å²) in [6.45, 7) is 1.67. The molecule has 0 bridgehead atoms. The summed E-state index contributed by atoms with van der Waals surface area (Å²) in [5, 5.41) is 5.67. The van der Waals surface area contributed by atoms with Gasteiger partial charge in [0.05, 0.1) is 6.04 Å². The van der Waals surface area contributed by atoms with E-state index >= 15 is 0 Å². The average molecular weight is 430 g/mol. The Morgan fingerprint density at radius 2 is 1.97 bits per heavy atom. The van der Waals surface area contributed by atoms with Crippen LogP contribution in [0.15, 0.2) is 29.6 Å². The van der Waals surface area contributed by atoms with E-state index in [9.17, 15) is 22.8 Å². The van der Waals surface area contributed by atoms with Crippen molar-refractivity contribution in [3.05, 3.63) is 40.9 Å². The Morgan fingerprint density at radius 1 is 1.28 bits per heavy atom. The van der Waals surface area contributed by atoms with E-state index in [-0.39, 0.29) is 17.6 Å². The molecule has 3 amide bonds. The van der Waals surface area contributed by atoms with Crippen LogP contribution in [0, 0.1) is 0 Å². The molecule has 0 saturated carbocycles. The Labute approximate surface area is 169 Å². The number of likely N-dealkylation sites (N-methyl/N-ethyl adjacent to an activating group) is 1. The molecule has 0 aliphatic heterocycles. The Hall–Kier alpha value is -2.82. The fraction of sp³-hybridized carbons (Fsp3) is 0.389. The fourth-order valence-electron chi connectivity index (χ4n) is 2.32.